The molecule has 1 aromatic heterocycles. The van der Waals surface area contributed by atoms with Crippen LogP contribution in [0.5, 0.6) is 11.5 Å². The summed E-state index contributed by atoms with van der Waals surface area (Å²) in [5.74, 6) is 0.342. The summed E-state index contributed by atoms with van der Waals surface area (Å²) in [5, 5.41) is 8.10. The van der Waals surface area contributed by atoms with Gasteiger partial charge in [-0.15, -0.1) is 11.8 Å². The highest BCUT2D eigenvalue weighted by molar-refractivity contribution is 8.00. The second kappa shape index (κ2) is 17.4. The third-order valence-corrected chi connectivity index (χ3v) is 9.94. The average Bonchev–Trinajstić information content (AvgIpc) is 3.68. The van der Waals surface area contributed by atoms with E-state index in [0.29, 0.717) is 45.5 Å². The number of para-hydroxylation sites is 2. The zero-order valence-electron chi connectivity index (χ0n) is 30.4. The van der Waals surface area contributed by atoms with Gasteiger partial charge in [-0.25, -0.2) is 4.98 Å². The fourth-order valence-electron chi connectivity index (χ4n) is 5.79. The van der Waals surface area contributed by atoms with Crippen LogP contribution in [0, 0.1) is 0 Å². The van der Waals surface area contributed by atoms with Crippen molar-refractivity contribution in [3.8, 4) is 23.0 Å². The van der Waals surface area contributed by atoms with Gasteiger partial charge in [0.15, 0.2) is 5.58 Å². The summed E-state index contributed by atoms with van der Waals surface area (Å²) in [6, 6.07) is 45.4. The maximum atomic E-state index is 13.8. The van der Waals surface area contributed by atoms with E-state index in [-0.39, 0.29) is 11.6 Å². The van der Waals surface area contributed by atoms with Crippen LogP contribution in [0.3, 0.4) is 0 Å². The van der Waals surface area contributed by atoms with Gasteiger partial charge in [0.2, 0.25) is 11.8 Å². The molecule has 278 valence electrons. The maximum Gasteiger partial charge on any atom is 0.272 e. The lowest BCUT2D eigenvalue weighted by Crippen LogP contribution is -2.30. The molecule has 0 aliphatic heterocycles. The summed E-state index contributed by atoms with van der Waals surface area (Å²) in [6.45, 7) is 0. The lowest BCUT2D eigenvalue weighted by molar-refractivity contribution is -0.116. The highest BCUT2D eigenvalue weighted by Crippen LogP contribution is 2.37. The standard InChI is InChI=1S/C45H36N4O6S/c1-53-35-24-19-32(40(28-35)54-2)27-38(48-42(50)30-13-7-4-8-14-30)43(51)46-34-22-25-36(26-23-34)56-41(29-11-5-3-6-12-29)44(52)47-33-20-17-31(18-21-33)45-49-37-15-9-10-16-39(37)55-45/h3-28,41H,1-2H3,(H,46,51)(H,47,52)(H,48,50)/b38-27-. The number of oxazole rings is 1. The first-order valence-corrected chi connectivity index (χ1v) is 18.4. The largest absolute Gasteiger partial charge is 0.497 e. The molecule has 56 heavy (non-hydrogen) atoms. The number of hydrogen-bond acceptors (Lipinski definition) is 8. The predicted octanol–water partition coefficient (Wildman–Crippen LogP) is 9.39. The van der Waals surface area contributed by atoms with Crippen LogP contribution < -0.4 is 25.4 Å². The molecule has 1 unspecified atom stereocenters. The monoisotopic (exact) mass is 760 g/mol. The van der Waals surface area contributed by atoms with Gasteiger partial charge >= 0.3 is 0 Å². The molecule has 0 aliphatic carbocycles. The van der Waals surface area contributed by atoms with Crippen LogP contribution in [0.1, 0.15) is 26.7 Å². The smallest absolute Gasteiger partial charge is 0.272 e. The number of nitrogens with one attached hydrogen (secondary N) is 3. The van der Waals surface area contributed by atoms with Gasteiger partial charge in [-0.1, -0.05) is 60.7 Å². The van der Waals surface area contributed by atoms with Crippen molar-refractivity contribution in [3.63, 3.8) is 0 Å². The average molecular weight is 761 g/mol. The third kappa shape index (κ3) is 8.98. The Hall–Kier alpha value is -7.11. The number of carbonyl (C=O) groups excluding carboxylic acids is 3. The molecular formula is C45H36N4O6S. The molecule has 0 spiro atoms. The number of hydrogen-bond donors (Lipinski definition) is 3. The highest BCUT2D eigenvalue weighted by atomic mass is 32.2. The Kier molecular flexibility index (Phi) is 11.5. The molecule has 0 bridgehead atoms. The molecule has 10 nitrogen and oxygen atoms in total. The molecule has 3 N–H and O–H groups in total. The van der Waals surface area contributed by atoms with E-state index in [1.807, 2.05) is 91.0 Å². The maximum absolute atomic E-state index is 13.8. The second-order valence-electron chi connectivity index (χ2n) is 12.4. The number of ether oxygens (including phenoxy) is 2. The molecule has 11 heteroatoms. The highest BCUT2D eigenvalue weighted by Gasteiger charge is 2.23. The van der Waals surface area contributed by atoms with Crippen LogP contribution in [-0.2, 0) is 9.59 Å². The molecular weight excluding hydrogens is 725 g/mol. The first-order valence-electron chi connectivity index (χ1n) is 17.6. The van der Waals surface area contributed by atoms with Gasteiger partial charge in [0.05, 0.1) is 14.2 Å². The molecule has 6 aromatic carbocycles. The van der Waals surface area contributed by atoms with Crippen molar-refractivity contribution in [1.29, 1.82) is 0 Å². The lowest BCUT2D eigenvalue weighted by Gasteiger charge is -2.18. The molecule has 7 rings (SSSR count). The molecule has 0 aliphatic rings. The first-order chi connectivity index (χ1) is 27.4. The molecule has 0 saturated carbocycles. The number of thioether (sulfide) groups is 1. The number of rotatable bonds is 13. The SMILES string of the molecule is COc1ccc(/C=C(\NC(=O)c2ccccc2)C(=O)Nc2ccc(SC(C(=O)Nc3ccc(-c4nc5ccccc5o4)cc3)c3ccccc3)cc2)c(OC)c1. The lowest BCUT2D eigenvalue weighted by atomic mass is 10.1. The van der Waals surface area contributed by atoms with Gasteiger partial charge in [-0.2, -0.15) is 0 Å². The Morgan fingerprint density at radius 2 is 1.38 bits per heavy atom. The number of aromatic nitrogens is 1. The topological polar surface area (TPSA) is 132 Å². The Morgan fingerprint density at radius 3 is 2.07 bits per heavy atom. The van der Waals surface area contributed by atoms with E-state index in [9.17, 15) is 14.4 Å². The van der Waals surface area contributed by atoms with Gasteiger partial charge in [-0.3, -0.25) is 14.4 Å². The number of methoxy groups -OCH3 is 2. The van der Waals surface area contributed by atoms with E-state index >= 15 is 0 Å². The van der Waals surface area contributed by atoms with Gasteiger partial charge in [0, 0.05) is 39.0 Å². The van der Waals surface area contributed by atoms with Crippen molar-refractivity contribution in [2.45, 2.75) is 10.1 Å². The zero-order chi connectivity index (χ0) is 38.9. The number of nitrogens with zero attached hydrogens (tertiary/aromatic N) is 1. The minimum Gasteiger partial charge on any atom is -0.497 e. The van der Waals surface area contributed by atoms with Crippen LogP contribution in [-0.4, -0.2) is 36.9 Å². The van der Waals surface area contributed by atoms with Crippen molar-refractivity contribution < 1.29 is 28.3 Å². The normalized spacial score (nSPS) is 11.7. The van der Waals surface area contributed by atoms with Crippen LogP contribution in [0.15, 0.2) is 167 Å². The summed E-state index contributed by atoms with van der Waals surface area (Å²) in [5.41, 5.74) is 5.17. The fourth-order valence-corrected chi connectivity index (χ4v) is 6.81. The zero-order valence-corrected chi connectivity index (χ0v) is 31.2. The van der Waals surface area contributed by atoms with Crippen molar-refractivity contribution >= 4 is 58.0 Å². The predicted molar refractivity (Wildman–Crippen MR) is 220 cm³/mol. The summed E-state index contributed by atoms with van der Waals surface area (Å²) < 4.78 is 16.7. The van der Waals surface area contributed by atoms with Crippen LogP contribution >= 0.6 is 11.8 Å². The van der Waals surface area contributed by atoms with E-state index < -0.39 is 17.1 Å². The number of fused-ring (bicyclic) bond motifs is 1. The quantitative estimate of drug-likeness (QED) is 0.0783. The minimum atomic E-state index is -0.587. The van der Waals surface area contributed by atoms with Crippen molar-refractivity contribution in [3.05, 3.63) is 174 Å². The second-order valence-corrected chi connectivity index (χ2v) is 13.6. The molecule has 1 heterocycles. The molecule has 3 amide bonds. The minimum absolute atomic E-state index is 0.00321. The van der Waals surface area contributed by atoms with Crippen molar-refractivity contribution in [2.24, 2.45) is 0 Å². The Labute approximate surface area is 327 Å². The molecule has 7 aromatic rings. The number of amides is 3. The number of carbonyl (C=O) groups is 3. The first kappa shape index (κ1) is 37.2. The van der Waals surface area contributed by atoms with Crippen molar-refractivity contribution in [1.82, 2.24) is 10.3 Å². The van der Waals surface area contributed by atoms with E-state index in [1.165, 1.54) is 18.9 Å². The molecule has 0 saturated heterocycles. The summed E-state index contributed by atoms with van der Waals surface area (Å²) in [7, 11) is 3.06. The Morgan fingerprint density at radius 1 is 0.714 bits per heavy atom. The summed E-state index contributed by atoms with van der Waals surface area (Å²) >= 11 is 1.38. The van der Waals surface area contributed by atoms with Gasteiger partial charge < -0.3 is 29.8 Å². The van der Waals surface area contributed by atoms with Crippen LogP contribution in [0.25, 0.3) is 28.6 Å². The number of benzene rings is 6. The van der Waals surface area contributed by atoms with Crippen LogP contribution in [0.4, 0.5) is 11.4 Å². The molecule has 0 radical (unpaired) electrons. The summed E-state index contributed by atoms with van der Waals surface area (Å²) in [6.07, 6.45) is 1.55. The third-order valence-electron chi connectivity index (χ3n) is 8.67. The van der Waals surface area contributed by atoms with Gasteiger partial charge in [-0.05, 0) is 96.6 Å². The van der Waals surface area contributed by atoms with Gasteiger partial charge in [0.25, 0.3) is 11.8 Å². The Bertz CT molecular complexity index is 2470. The van der Waals surface area contributed by atoms with Crippen molar-refractivity contribution in [2.75, 3.05) is 24.9 Å². The van der Waals surface area contributed by atoms with Gasteiger partial charge in [0.1, 0.15) is 28.0 Å². The van der Waals surface area contributed by atoms with E-state index in [2.05, 4.69) is 20.9 Å². The Balaban J connectivity index is 1.07. The van der Waals surface area contributed by atoms with E-state index in [4.69, 9.17) is 13.9 Å². The van der Waals surface area contributed by atoms with E-state index in [1.54, 1.807) is 73.8 Å². The fraction of sp³-hybridized carbons (Fsp3) is 0.0667. The van der Waals surface area contributed by atoms with Crippen LogP contribution in [0.2, 0.25) is 0 Å². The summed E-state index contributed by atoms with van der Waals surface area (Å²) in [4.78, 5) is 46.1. The molecule has 1 atom stereocenters. The number of anilines is 2. The molecule has 0 fully saturated rings. The van der Waals surface area contributed by atoms with E-state index in [0.717, 1.165) is 21.5 Å².